The number of rotatable bonds is 0. The minimum atomic E-state index is 0. The molecule has 0 N–H and O–H groups in total. The minimum absolute atomic E-state index is 0. The van der Waals surface area contributed by atoms with Gasteiger partial charge in [-0.05, 0) is 50.4 Å². The van der Waals surface area contributed by atoms with Crippen molar-refractivity contribution in [2.24, 2.45) is 11.8 Å². The molecule has 0 fully saturated rings. The fraction of sp³-hybridized carbons (Fsp3) is 0.308. The van der Waals surface area contributed by atoms with Crippen LogP contribution in [0.2, 0.25) is 0 Å². The van der Waals surface area contributed by atoms with Gasteiger partial charge in [0.25, 0.3) is 0 Å². The molecule has 6 rings (SSSR count). The second-order valence-corrected chi connectivity index (χ2v) is 8.06. The molecule has 1 radical (unpaired) electrons. The van der Waals surface area contributed by atoms with Gasteiger partial charge in [-0.2, -0.15) is 106 Å². The van der Waals surface area contributed by atoms with Gasteiger partial charge in [0.2, 0.25) is 0 Å². The van der Waals surface area contributed by atoms with Crippen LogP contribution in [-0.2, 0) is 57.1 Å². The monoisotopic (exact) mass is 386 g/mol. The summed E-state index contributed by atoms with van der Waals surface area (Å²) in [5.41, 5.74) is 8.17. The van der Waals surface area contributed by atoms with Gasteiger partial charge in [0, 0.05) is 18.6 Å². The van der Waals surface area contributed by atoms with Gasteiger partial charge in [0.15, 0.2) is 0 Å². The zero-order valence-corrected chi connectivity index (χ0v) is 16.9. The fourth-order valence-electron chi connectivity index (χ4n) is 4.72. The van der Waals surface area contributed by atoms with Crippen LogP contribution in [0.4, 0.5) is 0 Å². The van der Waals surface area contributed by atoms with Crippen LogP contribution < -0.4 is 0 Å². The molecule has 0 spiro atoms. The molecule has 0 saturated heterocycles. The first kappa shape index (κ1) is 18.6. The summed E-state index contributed by atoms with van der Waals surface area (Å²) in [7, 11) is 0. The first-order valence-electron chi connectivity index (χ1n) is 9.80. The Morgan fingerprint density at radius 2 is 0.667 bits per heavy atom. The van der Waals surface area contributed by atoms with Crippen molar-refractivity contribution in [1.29, 1.82) is 0 Å². The molecular weight excluding hydrogens is 363 g/mol. The second kappa shape index (κ2) is 8.09. The van der Waals surface area contributed by atoms with E-state index in [9.17, 15) is 0 Å². The molecule has 3 aliphatic rings. The Balaban J connectivity index is 0.00000180. The van der Waals surface area contributed by atoms with Crippen molar-refractivity contribution in [1.82, 2.24) is 0 Å². The predicted molar refractivity (Wildman–Crippen MR) is 105 cm³/mol. The van der Waals surface area contributed by atoms with E-state index in [2.05, 4.69) is 72.8 Å². The smallest absolute Gasteiger partial charge is 0 e. The van der Waals surface area contributed by atoms with E-state index in [0.717, 1.165) is 38.5 Å². The molecule has 8 bridgehead atoms. The summed E-state index contributed by atoms with van der Waals surface area (Å²) in [6, 6.07) is 31.4. The van der Waals surface area contributed by atoms with E-state index in [1.54, 1.807) is 0 Å². The molecule has 3 aromatic rings. The van der Waals surface area contributed by atoms with Gasteiger partial charge in [0.05, 0.1) is 0 Å². The Morgan fingerprint density at radius 3 is 0.889 bits per heavy atom. The summed E-state index contributed by atoms with van der Waals surface area (Å²) in [4.78, 5) is 0. The van der Waals surface area contributed by atoms with Crippen LogP contribution in [0, 0.1) is 30.0 Å². The van der Waals surface area contributed by atoms with Crippen LogP contribution in [0.5, 0.6) is 0 Å². The molecule has 27 heavy (non-hydrogen) atoms. The number of benzene rings is 3. The molecule has 0 atom stereocenters. The van der Waals surface area contributed by atoms with Gasteiger partial charge in [0.1, 0.15) is 0 Å². The van der Waals surface area contributed by atoms with Gasteiger partial charge in [-0.1, -0.05) is 0 Å². The Hall–Kier alpha value is -1.76. The Bertz CT molecular complexity index is 741. The summed E-state index contributed by atoms with van der Waals surface area (Å²) < 4.78 is 0. The molecule has 0 unspecified atom stereocenters. The minimum Gasteiger partial charge on any atom is -0.177 e. The van der Waals surface area contributed by atoms with E-state index >= 15 is 0 Å². The topological polar surface area (TPSA) is 0 Å². The van der Waals surface area contributed by atoms with E-state index in [-0.39, 0.29) is 18.6 Å². The molecular formula is C26H23V-3. The average molecular weight is 386 g/mol. The first-order valence-corrected chi connectivity index (χ1v) is 9.80. The number of hydrogen-bond acceptors (Lipinski definition) is 0. The normalized spacial score (nSPS) is 20.9. The van der Waals surface area contributed by atoms with Crippen molar-refractivity contribution < 1.29 is 18.6 Å². The maximum Gasteiger partial charge on any atom is 0 e. The maximum absolute atomic E-state index is 3.74. The van der Waals surface area contributed by atoms with Crippen LogP contribution >= 0.6 is 0 Å². The van der Waals surface area contributed by atoms with Crippen molar-refractivity contribution >= 4 is 0 Å². The van der Waals surface area contributed by atoms with Gasteiger partial charge in [-0.25, -0.2) is 0 Å². The van der Waals surface area contributed by atoms with E-state index in [1.165, 1.54) is 33.4 Å². The van der Waals surface area contributed by atoms with Crippen LogP contribution in [-0.4, -0.2) is 0 Å². The van der Waals surface area contributed by atoms with Crippen LogP contribution in [0.1, 0.15) is 33.4 Å². The Labute approximate surface area is 174 Å². The van der Waals surface area contributed by atoms with Crippen molar-refractivity contribution in [2.45, 2.75) is 38.5 Å². The van der Waals surface area contributed by atoms with Crippen LogP contribution in [0.3, 0.4) is 0 Å². The van der Waals surface area contributed by atoms with Crippen molar-refractivity contribution in [2.75, 3.05) is 0 Å². The number of hydrogen-bond donors (Lipinski definition) is 0. The fourth-order valence-corrected chi connectivity index (χ4v) is 4.72. The van der Waals surface area contributed by atoms with Crippen molar-refractivity contribution in [3.63, 3.8) is 0 Å². The average Bonchev–Trinajstić information content (AvgIpc) is 2.61. The van der Waals surface area contributed by atoms with Gasteiger partial charge >= 0.3 is 0 Å². The molecule has 0 nitrogen and oxygen atoms in total. The molecule has 3 aliphatic carbocycles. The summed E-state index contributed by atoms with van der Waals surface area (Å²) in [6.07, 6.45) is 6.47. The second-order valence-electron chi connectivity index (χ2n) is 8.06. The summed E-state index contributed by atoms with van der Waals surface area (Å²) >= 11 is 0. The molecule has 0 amide bonds. The molecule has 3 aromatic carbocycles. The summed E-state index contributed by atoms with van der Waals surface area (Å²) in [6.45, 7) is 0. The third-order valence-electron chi connectivity index (χ3n) is 5.80. The van der Waals surface area contributed by atoms with Gasteiger partial charge < -0.3 is 0 Å². The largest absolute Gasteiger partial charge is 0.177 e. The van der Waals surface area contributed by atoms with Crippen LogP contribution in [0.25, 0.3) is 0 Å². The molecule has 135 valence electrons. The zero-order valence-electron chi connectivity index (χ0n) is 15.5. The van der Waals surface area contributed by atoms with Crippen molar-refractivity contribution in [3.05, 3.63) is 106 Å². The molecule has 1 heteroatoms. The Kier molecular flexibility index (Phi) is 5.57. The van der Waals surface area contributed by atoms with Gasteiger partial charge in [-0.15, -0.1) is 0 Å². The summed E-state index contributed by atoms with van der Waals surface area (Å²) in [5.74, 6) is 1.13. The first-order chi connectivity index (χ1) is 12.8. The molecule has 0 saturated carbocycles. The quantitative estimate of drug-likeness (QED) is 0.477. The predicted octanol–water partition coefficient (Wildman–Crippen LogP) is 5.00. The molecule has 0 aromatic heterocycles. The third kappa shape index (κ3) is 4.40. The van der Waals surface area contributed by atoms with E-state index in [1.807, 2.05) is 0 Å². The molecule has 0 heterocycles. The van der Waals surface area contributed by atoms with E-state index < -0.39 is 0 Å². The van der Waals surface area contributed by atoms with E-state index in [4.69, 9.17) is 0 Å². The third-order valence-corrected chi connectivity index (χ3v) is 5.80. The SMILES string of the molecule is [V].[c-]1c2cccc1CC1Cc3[c-]c(ccc3)CC(C2)Cc2[c-]c(ccc2)C1. The standard InChI is InChI=1S/C26H23.V/c1-4-19-10-20(5-1)14-26-16-22-7-2-6-21(11-22)15-25(13-19)17-23-8-3-9-24(12-23)18-26;/h1-9,25-26H,13-18H2;/q-3;. The van der Waals surface area contributed by atoms with Crippen molar-refractivity contribution in [3.8, 4) is 0 Å². The van der Waals surface area contributed by atoms with E-state index in [0.29, 0.717) is 11.8 Å². The maximum atomic E-state index is 3.74. The van der Waals surface area contributed by atoms with Gasteiger partial charge in [-0.3, -0.25) is 0 Å². The summed E-state index contributed by atoms with van der Waals surface area (Å²) in [5, 5.41) is 0. The molecule has 0 aliphatic heterocycles. The zero-order chi connectivity index (χ0) is 17.3. The van der Waals surface area contributed by atoms with Crippen LogP contribution in [0.15, 0.2) is 54.6 Å². The Morgan fingerprint density at radius 1 is 0.444 bits per heavy atom.